The molecule has 1 aliphatic heterocycles. The maximum absolute atomic E-state index is 14.1. The predicted octanol–water partition coefficient (Wildman–Crippen LogP) is 7.00. The van der Waals surface area contributed by atoms with Gasteiger partial charge < -0.3 is 9.84 Å². The third kappa shape index (κ3) is 4.02. The zero-order chi connectivity index (χ0) is 20.1. The molecule has 1 heterocycles. The van der Waals surface area contributed by atoms with Gasteiger partial charge in [0.15, 0.2) is 0 Å². The van der Waals surface area contributed by atoms with Crippen LogP contribution in [0.25, 0.3) is 10.6 Å². The fourth-order valence-corrected chi connectivity index (χ4v) is 5.63. The molecule has 0 fully saturated rings. The minimum absolute atomic E-state index is 0.697. The quantitative estimate of drug-likeness (QED) is 0.469. The lowest BCUT2D eigenvalue weighted by Gasteiger charge is -2.27. The number of hydrogen-bond acceptors (Lipinski definition) is 3. The summed E-state index contributed by atoms with van der Waals surface area (Å²) in [6.45, 7) is 0. The third-order valence-corrected chi connectivity index (χ3v) is 7.37. The lowest BCUT2D eigenvalue weighted by Crippen LogP contribution is -2.01. The van der Waals surface area contributed by atoms with Gasteiger partial charge in [0.25, 0.3) is 7.37 Å². The zero-order valence-corrected chi connectivity index (χ0v) is 17.1. The normalized spacial score (nSPS) is 18.6. The van der Waals surface area contributed by atoms with Crippen LogP contribution < -0.4 is 5.32 Å². The van der Waals surface area contributed by atoms with E-state index in [1.807, 2.05) is 109 Å². The molecule has 3 aromatic carbocycles. The van der Waals surface area contributed by atoms with Crippen LogP contribution in [0.15, 0.2) is 115 Å². The number of para-hydroxylation sites is 1. The fourth-order valence-electron chi connectivity index (χ4n) is 3.36. The van der Waals surface area contributed by atoms with E-state index in [0.717, 1.165) is 22.4 Å². The van der Waals surface area contributed by atoms with Gasteiger partial charge in [0, 0.05) is 29.6 Å². The molecule has 0 unspecified atom stereocenters. The van der Waals surface area contributed by atoms with Crippen LogP contribution >= 0.6 is 7.37 Å². The van der Waals surface area contributed by atoms with Crippen molar-refractivity contribution in [2.75, 3.05) is 12.4 Å². The summed E-state index contributed by atoms with van der Waals surface area (Å²) in [5.74, 6) is 0. The fraction of sp³-hybridized carbons (Fsp3) is 0.0400. The molecular formula is C25H22NO2P. The molecule has 0 amide bonds. The Labute approximate surface area is 171 Å². The van der Waals surface area contributed by atoms with Crippen LogP contribution in [-0.4, -0.2) is 7.11 Å². The molecular weight excluding hydrogens is 377 g/mol. The van der Waals surface area contributed by atoms with Crippen molar-refractivity contribution in [3.8, 4) is 0 Å². The topological polar surface area (TPSA) is 38.3 Å². The number of rotatable bonds is 5. The van der Waals surface area contributed by atoms with Gasteiger partial charge in [-0.1, -0.05) is 78.9 Å². The largest absolute Gasteiger partial charge is 0.361 e. The van der Waals surface area contributed by atoms with Crippen LogP contribution in [0.2, 0.25) is 0 Å². The summed E-state index contributed by atoms with van der Waals surface area (Å²) in [5, 5.41) is 4.72. The molecule has 1 N–H and O–H groups in total. The molecule has 3 aromatic rings. The minimum atomic E-state index is -3.24. The molecule has 1 aliphatic rings. The molecule has 4 rings (SSSR count). The summed E-state index contributed by atoms with van der Waals surface area (Å²) in [6.07, 6.45) is 5.82. The van der Waals surface area contributed by atoms with Crippen LogP contribution in [0.1, 0.15) is 11.1 Å². The Morgan fingerprint density at radius 3 is 1.62 bits per heavy atom. The average molecular weight is 399 g/mol. The summed E-state index contributed by atoms with van der Waals surface area (Å²) in [5.41, 5.74) is 3.70. The Morgan fingerprint density at radius 1 is 0.724 bits per heavy atom. The van der Waals surface area contributed by atoms with E-state index < -0.39 is 7.37 Å². The summed E-state index contributed by atoms with van der Waals surface area (Å²) in [6, 6.07) is 29.5. The Bertz CT molecular complexity index is 1050. The number of nitrogens with one attached hydrogen (secondary N) is 1. The molecule has 0 radical (unpaired) electrons. The van der Waals surface area contributed by atoms with E-state index >= 15 is 0 Å². The average Bonchev–Trinajstić information content (AvgIpc) is 2.80. The summed E-state index contributed by atoms with van der Waals surface area (Å²) >= 11 is 0. The first-order chi connectivity index (χ1) is 14.2. The van der Waals surface area contributed by atoms with Crippen molar-refractivity contribution >= 4 is 23.7 Å². The highest BCUT2D eigenvalue weighted by atomic mass is 31.2. The van der Waals surface area contributed by atoms with Gasteiger partial charge in [-0.05, 0) is 41.0 Å². The molecule has 0 aliphatic carbocycles. The summed E-state index contributed by atoms with van der Waals surface area (Å²) in [7, 11) is -1.72. The second-order valence-corrected chi connectivity index (χ2v) is 9.11. The molecule has 0 bridgehead atoms. The van der Waals surface area contributed by atoms with Gasteiger partial charge in [-0.3, -0.25) is 4.57 Å². The Morgan fingerprint density at radius 2 is 1.17 bits per heavy atom. The molecule has 29 heavy (non-hydrogen) atoms. The Balaban J connectivity index is 1.84. The van der Waals surface area contributed by atoms with Gasteiger partial charge in [0.2, 0.25) is 0 Å². The van der Waals surface area contributed by atoms with Crippen LogP contribution in [0, 0.1) is 0 Å². The van der Waals surface area contributed by atoms with Crippen molar-refractivity contribution in [1.82, 2.24) is 0 Å². The van der Waals surface area contributed by atoms with Gasteiger partial charge in [-0.15, -0.1) is 0 Å². The van der Waals surface area contributed by atoms with E-state index in [1.165, 1.54) is 7.11 Å². The molecule has 144 valence electrons. The molecule has 0 aromatic heterocycles. The van der Waals surface area contributed by atoms with Crippen molar-refractivity contribution in [1.29, 1.82) is 0 Å². The number of anilines is 1. The van der Waals surface area contributed by atoms with E-state index in [1.54, 1.807) is 0 Å². The van der Waals surface area contributed by atoms with Gasteiger partial charge in [-0.2, -0.15) is 0 Å². The molecule has 4 heteroatoms. The van der Waals surface area contributed by atoms with Gasteiger partial charge in [-0.25, -0.2) is 0 Å². The molecule has 3 nitrogen and oxygen atoms in total. The monoisotopic (exact) mass is 399 g/mol. The lowest BCUT2D eigenvalue weighted by molar-refractivity contribution is 0.413. The maximum atomic E-state index is 14.1. The third-order valence-electron chi connectivity index (χ3n) is 4.82. The van der Waals surface area contributed by atoms with Gasteiger partial charge in [0.05, 0.1) is 0 Å². The highest BCUT2D eigenvalue weighted by Gasteiger charge is 2.36. The summed E-state index contributed by atoms with van der Waals surface area (Å²) in [4.78, 5) is 0. The first-order valence-electron chi connectivity index (χ1n) is 9.43. The lowest BCUT2D eigenvalue weighted by atomic mass is 10.1. The van der Waals surface area contributed by atoms with Crippen molar-refractivity contribution < 1.29 is 9.09 Å². The number of allylic oxidation sites excluding steroid dienone is 3. The number of hydrogen-bond donors (Lipinski definition) is 1. The highest BCUT2D eigenvalue weighted by Crippen LogP contribution is 2.70. The molecule has 0 spiro atoms. The standard InChI is InChI=1S/C25H22NO2P/c1-28-29(27)24(21-11-5-2-6-12-21)17-20(19-26-23-15-9-4-10-16-23)18-25(29)22-13-7-3-8-14-22/h2-19,26H,1H3. The van der Waals surface area contributed by atoms with Gasteiger partial charge >= 0.3 is 0 Å². The van der Waals surface area contributed by atoms with E-state index in [2.05, 4.69) is 5.32 Å². The molecule has 0 saturated heterocycles. The second-order valence-electron chi connectivity index (χ2n) is 6.68. The van der Waals surface area contributed by atoms with Crippen LogP contribution in [-0.2, 0) is 9.09 Å². The first-order valence-corrected chi connectivity index (χ1v) is 11.1. The van der Waals surface area contributed by atoms with E-state index in [-0.39, 0.29) is 0 Å². The Kier molecular flexibility index (Phi) is 5.62. The smallest absolute Gasteiger partial charge is 0.262 e. The van der Waals surface area contributed by atoms with Gasteiger partial charge in [0.1, 0.15) is 0 Å². The van der Waals surface area contributed by atoms with Crippen LogP contribution in [0.5, 0.6) is 0 Å². The van der Waals surface area contributed by atoms with Crippen molar-refractivity contribution in [2.24, 2.45) is 0 Å². The van der Waals surface area contributed by atoms with Crippen LogP contribution in [0.3, 0.4) is 0 Å². The SMILES string of the molecule is COP1(=O)C(c2ccccc2)=CC(=CNc2ccccc2)C=C1c1ccccc1. The van der Waals surface area contributed by atoms with E-state index in [9.17, 15) is 4.57 Å². The van der Waals surface area contributed by atoms with Crippen LogP contribution in [0.4, 0.5) is 5.69 Å². The maximum Gasteiger partial charge on any atom is 0.262 e. The molecule has 0 saturated carbocycles. The Hall–Kier alpha value is -3.13. The minimum Gasteiger partial charge on any atom is -0.361 e. The second kappa shape index (κ2) is 8.48. The van der Waals surface area contributed by atoms with E-state index in [0.29, 0.717) is 10.6 Å². The van der Waals surface area contributed by atoms with E-state index in [4.69, 9.17) is 4.52 Å². The zero-order valence-electron chi connectivity index (χ0n) is 16.2. The van der Waals surface area contributed by atoms with Crippen molar-refractivity contribution in [3.63, 3.8) is 0 Å². The van der Waals surface area contributed by atoms with Crippen molar-refractivity contribution in [2.45, 2.75) is 0 Å². The highest BCUT2D eigenvalue weighted by molar-refractivity contribution is 7.79. The number of benzene rings is 3. The summed E-state index contributed by atoms with van der Waals surface area (Å²) < 4.78 is 19.8. The molecule has 0 atom stereocenters. The van der Waals surface area contributed by atoms with Crippen molar-refractivity contribution in [3.05, 3.63) is 126 Å². The predicted molar refractivity (Wildman–Crippen MR) is 122 cm³/mol. The first kappa shape index (κ1) is 19.2.